The quantitative estimate of drug-likeness (QED) is 0.787. The van der Waals surface area contributed by atoms with Crippen LogP contribution in [0.5, 0.6) is 0 Å². The number of thioether (sulfide) groups is 1. The predicted octanol–water partition coefficient (Wildman–Crippen LogP) is 4.37. The lowest BCUT2D eigenvalue weighted by Crippen LogP contribution is -2.44. The van der Waals surface area contributed by atoms with Gasteiger partial charge in [0.05, 0.1) is 10.6 Å². The number of rotatable bonds is 4. The summed E-state index contributed by atoms with van der Waals surface area (Å²) in [6.07, 6.45) is 1.98. The first-order valence-electron chi connectivity index (χ1n) is 8.67. The molecule has 1 fully saturated rings. The minimum Gasteiger partial charge on any atom is -0.369 e. The van der Waals surface area contributed by atoms with Crippen molar-refractivity contribution in [3.8, 4) is 0 Å². The van der Waals surface area contributed by atoms with Crippen molar-refractivity contribution in [1.29, 1.82) is 0 Å². The number of nitrogens with one attached hydrogen (secondary N) is 1. The Labute approximate surface area is 164 Å². The van der Waals surface area contributed by atoms with Crippen molar-refractivity contribution in [3.63, 3.8) is 0 Å². The van der Waals surface area contributed by atoms with Gasteiger partial charge in [-0.05, 0) is 62.2 Å². The highest BCUT2D eigenvalue weighted by atomic mass is 35.5. The number of aryl methyl sites for hydroxylation is 1. The van der Waals surface area contributed by atoms with Gasteiger partial charge in [0.25, 0.3) is 5.91 Å². The molecule has 0 unspecified atom stereocenters. The van der Waals surface area contributed by atoms with Crippen molar-refractivity contribution in [2.45, 2.75) is 11.8 Å². The third kappa shape index (κ3) is 4.34. The van der Waals surface area contributed by atoms with E-state index in [4.69, 9.17) is 11.6 Å². The number of benzene rings is 2. The Balaban J connectivity index is 1.75. The molecule has 0 saturated carbocycles. The van der Waals surface area contributed by atoms with Crippen LogP contribution >= 0.6 is 23.4 Å². The van der Waals surface area contributed by atoms with Crippen molar-refractivity contribution in [2.75, 3.05) is 49.7 Å². The molecule has 138 valence electrons. The van der Waals surface area contributed by atoms with Gasteiger partial charge in [-0.15, -0.1) is 11.8 Å². The van der Waals surface area contributed by atoms with E-state index in [1.165, 1.54) is 5.69 Å². The molecule has 2 aromatic rings. The molecule has 1 amide bonds. The third-order valence-corrected chi connectivity index (χ3v) is 5.80. The predicted molar refractivity (Wildman–Crippen MR) is 112 cm³/mol. The van der Waals surface area contributed by atoms with Crippen LogP contribution in [0.4, 0.5) is 11.4 Å². The second-order valence-electron chi connectivity index (χ2n) is 6.59. The highest BCUT2D eigenvalue weighted by Gasteiger charge is 2.16. The molecule has 26 heavy (non-hydrogen) atoms. The molecule has 1 heterocycles. The van der Waals surface area contributed by atoms with Crippen LogP contribution in [0.3, 0.4) is 0 Å². The van der Waals surface area contributed by atoms with Crippen LogP contribution in [0.2, 0.25) is 5.02 Å². The van der Waals surface area contributed by atoms with Crippen LogP contribution < -0.4 is 10.2 Å². The fourth-order valence-electron chi connectivity index (χ4n) is 3.04. The van der Waals surface area contributed by atoms with Gasteiger partial charge in [0, 0.05) is 42.4 Å². The summed E-state index contributed by atoms with van der Waals surface area (Å²) < 4.78 is 0. The van der Waals surface area contributed by atoms with Crippen molar-refractivity contribution >= 4 is 40.6 Å². The Morgan fingerprint density at radius 2 is 1.85 bits per heavy atom. The molecule has 2 aromatic carbocycles. The topological polar surface area (TPSA) is 35.6 Å². The van der Waals surface area contributed by atoms with Gasteiger partial charge in [0.1, 0.15) is 0 Å². The summed E-state index contributed by atoms with van der Waals surface area (Å²) in [6.45, 7) is 6.22. The number of halogens is 1. The molecule has 1 aliphatic heterocycles. The molecular formula is C20H24ClN3OS. The number of piperazine rings is 1. The zero-order valence-corrected chi connectivity index (χ0v) is 17.0. The monoisotopic (exact) mass is 389 g/mol. The molecule has 1 N–H and O–H groups in total. The molecule has 1 aliphatic rings. The van der Waals surface area contributed by atoms with Crippen LogP contribution in [0, 0.1) is 6.92 Å². The maximum Gasteiger partial charge on any atom is 0.257 e. The number of amides is 1. The van der Waals surface area contributed by atoms with E-state index in [9.17, 15) is 4.79 Å². The lowest BCUT2D eigenvalue weighted by Gasteiger charge is -2.34. The second kappa shape index (κ2) is 8.33. The van der Waals surface area contributed by atoms with Gasteiger partial charge < -0.3 is 15.1 Å². The van der Waals surface area contributed by atoms with Gasteiger partial charge in [0.15, 0.2) is 0 Å². The van der Waals surface area contributed by atoms with Gasteiger partial charge in [-0.3, -0.25) is 4.79 Å². The van der Waals surface area contributed by atoms with E-state index in [2.05, 4.69) is 34.3 Å². The van der Waals surface area contributed by atoms with Gasteiger partial charge in [-0.25, -0.2) is 0 Å². The molecule has 0 aromatic heterocycles. The van der Waals surface area contributed by atoms with E-state index in [1.54, 1.807) is 17.8 Å². The summed E-state index contributed by atoms with van der Waals surface area (Å²) in [5, 5.41) is 3.46. The summed E-state index contributed by atoms with van der Waals surface area (Å²) in [5.74, 6) is -0.179. The molecular weight excluding hydrogens is 366 g/mol. The number of likely N-dealkylation sites (N-methyl/N-ethyl adjacent to an activating group) is 1. The minimum atomic E-state index is -0.179. The van der Waals surface area contributed by atoms with Crippen LogP contribution in [-0.4, -0.2) is 50.3 Å². The average Bonchev–Trinajstić information content (AvgIpc) is 2.64. The Morgan fingerprint density at radius 3 is 2.50 bits per heavy atom. The lowest BCUT2D eigenvalue weighted by molar-refractivity contribution is 0.102. The average molecular weight is 390 g/mol. The number of carbonyl (C=O) groups excluding carboxylic acids is 1. The summed E-state index contributed by atoms with van der Waals surface area (Å²) in [4.78, 5) is 18.4. The maximum absolute atomic E-state index is 12.7. The normalized spacial score (nSPS) is 15.2. The van der Waals surface area contributed by atoms with Crippen molar-refractivity contribution < 1.29 is 4.79 Å². The number of carbonyl (C=O) groups is 1. The van der Waals surface area contributed by atoms with Crippen LogP contribution in [0.25, 0.3) is 0 Å². The van der Waals surface area contributed by atoms with Crippen LogP contribution in [0.15, 0.2) is 41.3 Å². The highest BCUT2D eigenvalue weighted by Crippen LogP contribution is 2.27. The Hall–Kier alpha value is -1.69. The lowest BCUT2D eigenvalue weighted by atomic mass is 10.1. The Bertz CT molecular complexity index is 804. The van der Waals surface area contributed by atoms with E-state index in [-0.39, 0.29) is 5.91 Å². The molecule has 6 heteroatoms. The van der Waals surface area contributed by atoms with Gasteiger partial charge in [-0.2, -0.15) is 0 Å². The van der Waals surface area contributed by atoms with Crippen molar-refractivity contribution in [2.24, 2.45) is 0 Å². The summed E-state index contributed by atoms with van der Waals surface area (Å²) >= 11 is 7.80. The maximum atomic E-state index is 12.7. The van der Waals surface area contributed by atoms with Crippen molar-refractivity contribution in [3.05, 3.63) is 52.5 Å². The summed E-state index contributed by atoms with van der Waals surface area (Å²) in [6, 6.07) is 11.7. The number of hydrogen-bond acceptors (Lipinski definition) is 4. The molecule has 0 aliphatic carbocycles. The fraction of sp³-hybridized carbons (Fsp3) is 0.350. The van der Waals surface area contributed by atoms with E-state index < -0.39 is 0 Å². The van der Waals surface area contributed by atoms with E-state index in [0.29, 0.717) is 10.6 Å². The third-order valence-electron chi connectivity index (χ3n) is 4.74. The zero-order valence-electron chi connectivity index (χ0n) is 15.4. The van der Waals surface area contributed by atoms with Gasteiger partial charge in [-0.1, -0.05) is 11.6 Å². The molecule has 3 rings (SSSR count). The molecule has 0 atom stereocenters. The summed E-state index contributed by atoms with van der Waals surface area (Å²) in [5.41, 5.74) is 3.57. The van der Waals surface area contributed by atoms with E-state index in [0.717, 1.165) is 42.3 Å². The van der Waals surface area contributed by atoms with Crippen LogP contribution in [-0.2, 0) is 0 Å². The fourth-order valence-corrected chi connectivity index (χ4v) is 3.69. The van der Waals surface area contributed by atoms with Crippen LogP contribution in [0.1, 0.15) is 15.9 Å². The zero-order chi connectivity index (χ0) is 18.7. The number of nitrogens with zero attached hydrogens (tertiary/aromatic N) is 2. The first-order valence-corrected chi connectivity index (χ1v) is 10.3. The SMILES string of the molecule is CSc1ccc(Cl)c(C(=O)Nc2ccc(N3CCN(C)CC3)cc2C)c1. The Kier molecular flexibility index (Phi) is 6.12. The molecule has 0 spiro atoms. The highest BCUT2D eigenvalue weighted by molar-refractivity contribution is 7.98. The molecule has 4 nitrogen and oxygen atoms in total. The first-order chi connectivity index (χ1) is 12.5. The second-order valence-corrected chi connectivity index (χ2v) is 7.88. The van der Waals surface area contributed by atoms with Gasteiger partial charge >= 0.3 is 0 Å². The van der Waals surface area contributed by atoms with Crippen molar-refractivity contribution in [1.82, 2.24) is 4.90 Å². The first kappa shape index (κ1) is 19.1. The standard InChI is InChI=1S/C20H24ClN3OS/c1-14-12-15(24-10-8-23(2)9-11-24)4-7-19(14)22-20(25)17-13-16(26-3)5-6-18(17)21/h4-7,12-13H,8-11H2,1-3H3,(H,22,25). The molecule has 0 radical (unpaired) electrons. The van der Waals surface area contributed by atoms with E-state index >= 15 is 0 Å². The minimum absolute atomic E-state index is 0.179. The Morgan fingerprint density at radius 1 is 1.12 bits per heavy atom. The van der Waals surface area contributed by atoms with E-state index in [1.807, 2.05) is 31.4 Å². The smallest absolute Gasteiger partial charge is 0.257 e. The molecule has 0 bridgehead atoms. The largest absolute Gasteiger partial charge is 0.369 e. The van der Waals surface area contributed by atoms with Gasteiger partial charge in [0.2, 0.25) is 0 Å². The number of hydrogen-bond donors (Lipinski definition) is 1. The molecule has 1 saturated heterocycles. The summed E-state index contributed by atoms with van der Waals surface area (Å²) in [7, 11) is 2.15. The number of anilines is 2.